The van der Waals surface area contributed by atoms with E-state index in [1.54, 1.807) is 4.90 Å². The van der Waals surface area contributed by atoms with Gasteiger partial charge in [0.1, 0.15) is 17.1 Å². The van der Waals surface area contributed by atoms with Gasteiger partial charge in [-0.25, -0.2) is 9.59 Å². The number of nitrogens with one attached hydrogen (secondary N) is 1. The standard InChI is InChI=1S/C28H34N2O6/c1-5-28(20-15-17-30(18-16-20)26(33)36-27(2,3)4)29-23(24(35-28)25(31)32)19-11-13-22(14-12-19)34-21-9-7-6-8-10-21/h6-14,20,29H,5,15-18H2,1-4H3,(H,31,32). The van der Waals surface area contributed by atoms with Crippen LogP contribution in [0.2, 0.25) is 0 Å². The minimum atomic E-state index is -1.12. The van der Waals surface area contributed by atoms with Crippen molar-refractivity contribution >= 4 is 17.8 Å². The Kier molecular flexibility index (Phi) is 7.15. The zero-order valence-corrected chi connectivity index (χ0v) is 21.2. The highest BCUT2D eigenvalue weighted by Gasteiger charge is 2.48. The Morgan fingerprint density at radius 1 is 1.06 bits per heavy atom. The van der Waals surface area contributed by atoms with Crippen molar-refractivity contribution in [2.75, 3.05) is 13.1 Å². The lowest BCUT2D eigenvalue weighted by Gasteiger charge is -2.42. The van der Waals surface area contributed by atoms with Gasteiger partial charge in [-0.05, 0) is 70.0 Å². The van der Waals surface area contributed by atoms with Crippen LogP contribution in [-0.4, -0.2) is 46.5 Å². The van der Waals surface area contributed by atoms with Gasteiger partial charge in [0.15, 0.2) is 5.72 Å². The lowest BCUT2D eigenvalue weighted by Crippen LogP contribution is -2.53. The lowest BCUT2D eigenvalue weighted by molar-refractivity contribution is -0.142. The maximum absolute atomic E-state index is 12.5. The minimum absolute atomic E-state index is 0.0220. The molecule has 2 heterocycles. The molecular formula is C28H34N2O6. The molecule has 0 radical (unpaired) electrons. The Morgan fingerprint density at radius 2 is 1.67 bits per heavy atom. The number of carbonyl (C=O) groups is 2. The topological polar surface area (TPSA) is 97.3 Å². The molecule has 8 heteroatoms. The Labute approximate surface area is 211 Å². The highest BCUT2D eigenvalue weighted by molar-refractivity contribution is 5.95. The number of carboxylic acids is 1. The van der Waals surface area contributed by atoms with Crippen molar-refractivity contribution < 1.29 is 28.9 Å². The monoisotopic (exact) mass is 494 g/mol. The first-order valence-corrected chi connectivity index (χ1v) is 12.4. The second-order valence-corrected chi connectivity index (χ2v) is 10.2. The first-order valence-electron chi connectivity index (χ1n) is 12.4. The van der Waals surface area contributed by atoms with E-state index < -0.39 is 17.3 Å². The average molecular weight is 495 g/mol. The fraction of sp³-hybridized carbons (Fsp3) is 0.429. The van der Waals surface area contributed by atoms with Gasteiger partial charge in [-0.1, -0.05) is 25.1 Å². The number of ether oxygens (including phenoxy) is 3. The second-order valence-electron chi connectivity index (χ2n) is 10.2. The SMILES string of the molecule is CCC1(C2CCN(C(=O)OC(C)(C)C)CC2)NC(c2ccc(Oc3ccccc3)cc2)=C(C(=O)O)O1. The van der Waals surface area contributed by atoms with Crippen LogP contribution < -0.4 is 10.1 Å². The van der Waals surface area contributed by atoms with Gasteiger partial charge in [0.25, 0.3) is 0 Å². The van der Waals surface area contributed by atoms with Crippen LogP contribution in [0.15, 0.2) is 60.4 Å². The maximum atomic E-state index is 12.5. The molecule has 2 aliphatic heterocycles. The summed E-state index contributed by atoms with van der Waals surface area (Å²) in [5, 5.41) is 13.4. The molecule has 4 rings (SSSR count). The van der Waals surface area contributed by atoms with E-state index >= 15 is 0 Å². The van der Waals surface area contributed by atoms with E-state index in [9.17, 15) is 14.7 Å². The van der Waals surface area contributed by atoms with E-state index in [2.05, 4.69) is 5.32 Å². The molecule has 0 bridgehead atoms. The molecule has 0 aliphatic carbocycles. The van der Waals surface area contributed by atoms with Crippen molar-refractivity contribution in [1.82, 2.24) is 10.2 Å². The molecule has 0 spiro atoms. The Balaban J connectivity index is 1.48. The summed E-state index contributed by atoms with van der Waals surface area (Å²) in [7, 11) is 0. The normalized spacial score (nSPS) is 20.5. The molecule has 1 fully saturated rings. The lowest BCUT2D eigenvalue weighted by atomic mass is 9.84. The largest absolute Gasteiger partial charge is 0.475 e. The van der Waals surface area contributed by atoms with Crippen molar-refractivity contribution in [3.05, 3.63) is 65.9 Å². The molecule has 192 valence electrons. The summed E-state index contributed by atoms with van der Waals surface area (Å²) in [6.07, 6.45) is 1.59. The Hall–Kier alpha value is -3.68. The first-order chi connectivity index (χ1) is 17.1. The van der Waals surface area contributed by atoms with Gasteiger partial charge in [0, 0.05) is 31.0 Å². The summed E-state index contributed by atoms with van der Waals surface area (Å²) in [6, 6.07) is 16.7. The fourth-order valence-electron chi connectivity index (χ4n) is 4.68. The predicted molar refractivity (Wildman–Crippen MR) is 135 cm³/mol. The number of likely N-dealkylation sites (tertiary alicyclic amines) is 1. The number of carbonyl (C=O) groups excluding carboxylic acids is 1. The third-order valence-corrected chi connectivity index (χ3v) is 6.50. The van der Waals surface area contributed by atoms with Crippen LogP contribution in [0, 0.1) is 5.92 Å². The zero-order chi connectivity index (χ0) is 25.9. The summed E-state index contributed by atoms with van der Waals surface area (Å²) in [5.74, 6) is 0.179. The average Bonchev–Trinajstić information content (AvgIpc) is 3.26. The molecule has 2 aromatic carbocycles. The van der Waals surface area contributed by atoms with Crippen molar-refractivity contribution in [1.29, 1.82) is 0 Å². The number of amides is 1. The fourth-order valence-corrected chi connectivity index (χ4v) is 4.68. The van der Waals surface area contributed by atoms with Gasteiger partial charge in [0.05, 0.1) is 5.70 Å². The van der Waals surface area contributed by atoms with Crippen LogP contribution in [0.4, 0.5) is 4.79 Å². The molecule has 0 saturated carbocycles. The van der Waals surface area contributed by atoms with Gasteiger partial charge in [-0.2, -0.15) is 0 Å². The maximum Gasteiger partial charge on any atom is 0.410 e. The Morgan fingerprint density at radius 3 is 2.22 bits per heavy atom. The third kappa shape index (κ3) is 5.58. The second kappa shape index (κ2) is 10.1. The number of para-hydroxylation sites is 1. The molecular weight excluding hydrogens is 460 g/mol. The van der Waals surface area contributed by atoms with Gasteiger partial charge in [-0.3, -0.25) is 0 Å². The van der Waals surface area contributed by atoms with E-state index in [1.165, 1.54) is 0 Å². The van der Waals surface area contributed by atoms with Gasteiger partial charge in [-0.15, -0.1) is 0 Å². The van der Waals surface area contributed by atoms with Gasteiger partial charge >= 0.3 is 12.1 Å². The van der Waals surface area contributed by atoms with Gasteiger partial charge < -0.3 is 29.5 Å². The summed E-state index contributed by atoms with van der Waals surface area (Å²) in [5.41, 5.74) is -0.257. The molecule has 1 unspecified atom stereocenters. The quantitative estimate of drug-likeness (QED) is 0.539. The molecule has 36 heavy (non-hydrogen) atoms. The first kappa shape index (κ1) is 25.4. The number of nitrogens with zero attached hydrogens (tertiary/aromatic N) is 1. The van der Waals surface area contributed by atoms with Crippen molar-refractivity contribution in [3.8, 4) is 11.5 Å². The molecule has 2 aromatic rings. The summed E-state index contributed by atoms with van der Waals surface area (Å²) >= 11 is 0. The smallest absolute Gasteiger partial charge is 0.410 e. The molecule has 2 N–H and O–H groups in total. The van der Waals surface area contributed by atoms with E-state index in [1.807, 2.05) is 82.3 Å². The highest BCUT2D eigenvalue weighted by atomic mass is 16.6. The van der Waals surface area contributed by atoms with Crippen LogP contribution in [0.5, 0.6) is 11.5 Å². The highest BCUT2D eigenvalue weighted by Crippen LogP contribution is 2.41. The molecule has 1 amide bonds. The zero-order valence-electron chi connectivity index (χ0n) is 21.2. The molecule has 1 saturated heterocycles. The van der Waals surface area contributed by atoms with E-state index in [0.29, 0.717) is 49.4 Å². The van der Waals surface area contributed by atoms with Crippen LogP contribution in [0.3, 0.4) is 0 Å². The number of piperidine rings is 1. The number of benzene rings is 2. The number of rotatable bonds is 6. The molecule has 0 aromatic heterocycles. The van der Waals surface area contributed by atoms with Crippen molar-refractivity contribution in [2.24, 2.45) is 5.92 Å². The third-order valence-electron chi connectivity index (χ3n) is 6.50. The molecule has 2 aliphatic rings. The molecule has 8 nitrogen and oxygen atoms in total. The predicted octanol–water partition coefficient (Wildman–Crippen LogP) is 5.61. The molecule has 1 atom stereocenters. The van der Waals surface area contributed by atoms with Gasteiger partial charge in [0.2, 0.25) is 5.76 Å². The van der Waals surface area contributed by atoms with E-state index in [-0.39, 0.29) is 17.8 Å². The number of hydrogen-bond donors (Lipinski definition) is 2. The van der Waals surface area contributed by atoms with Crippen LogP contribution in [0.25, 0.3) is 5.70 Å². The number of aliphatic carboxylic acids is 1. The number of carboxylic acid groups (broad SMARTS) is 1. The van der Waals surface area contributed by atoms with Crippen LogP contribution >= 0.6 is 0 Å². The minimum Gasteiger partial charge on any atom is -0.475 e. The summed E-state index contributed by atoms with van der Waals surface area (Å²) in [4.78, 5) is 26.3. The van der Waals surface area contributed by atoms with E-state index in [0.717, 1.165) is 5.75 Å². The van der Waals surface area contributed by atoms with E-state index in [4.69, 9.17) is 14.2 Å². The number of hydrogen-bond acceptors (Lipinski definition) is 6. The van der Waals surface area contributed by atoms with Crippen molar-refractivity contribution in [3.63, 3.8) is 0 Å². The summed E-state index contributed by atoms with van der Waals surface area (Å²) in [6.45, 7) is 8.57. The van der Waals surface area contributed by atoms with Crippen molar-refractivity contribution in [2.45, 2.75) is 58.3 Å². The Bertz CT molecular complexity index is 1110. The van der Waals surface area contributed by atoms with Crippen LogP contribution in [-0.2, 0) is 14.3 Å². The van der Waals surface area contributed by atoms with Crippen LogP contribution in [0.1, 0.15) is 52.5 Å². The summed E-state index contributed by atoms with van der Waals surface area (Å²) < 4.78 is 17.5.